The molecule has 0 saturated heterocycles. The van der Waals surface area contributed by atoms with Crippen LogP contribution in [0.15, 0.2) is 0 Å². The third kappa shape index (κ3) is 9.01. The molecule has 0 spiro atoms. The van der Waals surface area contributed by atoms with Crippen molar-refractivity contribution in [2.45, 2.75) is 0 Å². The van der Waals surface area contributed by atoms with Gasteiger partial charge in [-0.1, -0.05) is 0 Å². The minimum absolute atomic E-state index is 0. The van der Waals surface area contributed by atoms with Gasteiger partial charge in [-0.2, -0.15) is 0 Å². The Labute approximate surface area is 101 Å². The van der Waals surface area contributed by atoms with Crippen molar-refractivity contribution in [2.24, 2.45) is 0 Å². The maximum absolute atomic E-state index is 0. The van der Waals surface area contributed by atoms with Crippen LogP contribution in [0.4, 0.5) is 0 Å². The molecule has 4 heteroatoms. The van der Waals surface area contributed by atoms with E-state index in [9.17, 15) is 0 Å². The molecule has 0 atom stereocenters. The summed E-state index contributed by atoms with van der Waals surface area (Å²) in [5.41, 5.74) is 0. The van der Waals surface area contributed by atoms with Crippen molar-refractivity contribution < 1.29 is 55.0 Å². The first kappa shape index (κ1) is 26.5. The summed E-state index contributed by atoms with van der Waals surface area (Å²) >= 11 is 0. The number of hydrogen-bond acceptors (Lipinski definition) is 0. The maximum Gasteiger partial charge on any atom is 0 e. The SMILES string of the molecule is I.I.[Cd].[Hg]. The van der Waals surface area contributed by atoms with E-state index in [-0.39, 0.29) is 103 Å². The van der Waals surface area contributed by atoms with Gasteiger partial charge in [0.1, 0.15) is 0 Å². The van der Waals surface area contributed by atoms with E-state index < -0.39 is 0 Å². The van der Waals surface area contributed by atoms with Crippen LogP contribution >= 0.6 is 48.0 Å². The molecule has 0 fully saturated rings. The molecule has 0 N–H and O–H groups in total. The minimum atomic E-state index is 0. The van der Waals surface area contributed by atoms with Crippen molar-refractivity contribution >= 4 is 48.0 Å². The van der Waals surface area contributed by atoms with E-state index >= 15 is 0 Å². The predicted molar refractivity (Wildman–Crippen MR) is 30.8 cm³/mol. The van der Waals surface area contributed by atoms with E-state index in [0.29, 0.717) is 0 Å². The minimum Gasteiger partial charge on any atom is -0.107 e. The Morgan fingerprint density at radius 3 is 0.750 bits per heavy atom. The Morgan fingerprint density at radius 2 is 0.750 bits per heavy atom. The van der Waals surface area contributed by atoms with Crippen LogP contribution in [0, 0.1) is 0 Å². The summed E-state index contributed by atoms with van der Waals surface area (Å²) in [7, 11) is 0. The second-order valence-electron chi connectivity index (χ2n) is 0. The monoisotopic (exact) mass is 572 g/mol. The Morgan fingerprint density at radius 1 is 0.750 bits per heavy atom. The smallest absolute Gasteiger partial charge is 0 e. The predicted octanol–water partition coefficient (Wildman–Crippen LogP) is 1.23. The molecule has 0 aromatic rings. The van der Waals surface area contributed by atoms with E-state index in [1.807, 2.05) is 0 Å². The number of rotatable bonds is 0. The normalized spacial score (nSPS) is 0. The summed E-state index contributed by atoms with van der Waals surface area (Å²) in [6.07, 6.45) is 0. The Kier molecular flexibility index (Phi) is 108. The first-order chi connectivity index (χ1) is 0. The van der Waals surface area contributed by atoms with E-state index in [1.165, 1.54) is 0 Å². The van der Waals surface area contributed by atoms with Gasteiger partial charge in [0.2, 0.25) is 0 Å². The summed E-state index contributed by atoms with van der Waals surface area (Å²) in [4.78, 5) is 0. The zero-order valence-electron chi connectivity index (χ0n) is 2.23. The molecule has 0 rings (SSSR count). The van der Waals surface area contributed by atoms with Crippen molar-refractivity contribution in [1.29, 1.82) is 0 Å². The van der Waals surface area contributed by atoms with Crippen molar-refractivity contribution in [1.82, 2.24) is 0 Å². The van der Waals surface area contributed by atoms with Crippen LogP contribution in [-0.4, -0.2) is 0 Å². The fourth-order valence-electron chi connectivity index (χ4n) is 0. The van der Waals surface area contributed by atoms with Crippen molar-refractivity contribution in [3.8, 4) is 0 Å². The summed E-state index contributed by atoms with van der Waals surface area (Å²) in [6, 6.07) is 0. The fraction of sp³-hybridized carbons (Fsp3) is 0. The molecule has 4 heavy (non-hydrogen) atoms. The molecular weight excluding hydrogens is 567 g/mol. The van der Waals surface area contributed by atoms with Gasteiger partial charge in [-0.3, -0.25) is 0 Å². The van der Waals surface area contributed by atoms with Crippen molar-refractivity contribution in [3.05, 3.63) is 0 Å². The molecule has 20 valence electrons. The van der Waals surface area contributed by atoms with Crippen molar-refractivity contribution in [2.75, 3.05) is 0 Å². The molecule has 0 nitrogen and oxygen atoms in total. The van der Waals surface area contributed by atoms with Gasteiger partial charge in [-0.15, -0.1) is 48.0 Å². The summed E-state index contributed by atoms with van der Waals surface area (Å²) in [5.74, 6) is 0. The van der Waals surface area contributed by atoms with Gasteiger partial charge in [0.25, 0.3) is 0 Å². The fourth-order valence-corrected chi connectivity index (χ4v) is 0. The molecule has 0 heterocycles. The maximum atomic E-state index is 0. The summed E-state index contributed by atoms with van der Waals surface area (Å²) in [5, 5.41) is 0. The molecule has 0 aliphatic rings. The third-order valence-corrected chi connectivity index (χ3v) is 0. The number of hydrogen-bond donors (Lipinski definition) is 0. The second-order valence-corrected chi connectivity index (χ2v) is 0. The summed E-state index contributed by atoms with van der Waals surface area (Å²) < 4.78 is 0. The van der Waals surface area contributed by atoms with E-state index in [1.54, 1.807) is 0 Å². The zero-order chi connectivity index (χ0) is 0. The Bertz CT molecular complexity index is 6.00. The van der Waals surface area contributed by atoms with Crippen molar-refractivity contribution in [3.63, 3.8) is 0 Å². The van der Waals surface area contributed by atoms with E-state index in [2.05, 4.69) is 0 Å². The zero-order valence-corrected chi connectivity index (χ0v) is 16.4. The Hall–Kier alpha value is 3.32. The van der Waals surface area contributed by atoms with Gasteiger partial charge in [0.15, 0.2) is 0 Å². The van der Waals surface area contributed by atoms with Crippen LogP contribution < -0.4 is 0 Å². The van der Waals surface area contributed by atoms with Crippen LogP contribution in [0.3, 0.4) is 0 Å². The third-order valence-electron chi connectivity index (χ3n) is 0. The first-order valence-corrected chi connectivity index (χ1v) is 0. The largest absolute Gasteiger partial charge is 0.107 e. The summed E-state index contributed by atoms with van der Waals surface area (Å²) in [6.45, 7) is 0. The van der Waals surface area contributed by atoms with Crippen LogP contribution in [0.2, 0.25) is 0 Å². The molecule has 0 unspecified atom stereocenters. The molecule has 0 aliphatic carbocycles. The second kappa shape index (κ2) is 16.2. The van der Waals surface area contributed by atoms with Gasteiger partial charge in [0.05, 0.1) is 0 Å². The van der Waals surface area contributed by atoms with Crippen LogP contribution in [0.1, 0.15) is 0 Å². The molecule has 0 aliphatic heterocycles. The number of halogens is 2. The molecule has 0 bridgehead atoms. The van der Waals surface area contributed by atoms with E-state index in [0.717, 1.165) is 0 Å². The molecular formula is H2CdHgI2. The van der Waals surface area contributed by atoms with Gasteiger partial charge >= 0.3 is 0 Å². The molecule has 0 radical (unpaired) electrons. The molecule has 0 saturated carbocycles. The van der Waals surface area contributed by atoms with Gasteiger partial charge in [-0.25, -0.2) is 0 Å². The topological polar surface area (TPSA) is 0 Å². The molecule has 0 amide bonds. The van der Waals surface area contributed by atoms with Crippen LogP contribution in [-0.2, 0) is 55.0 Å². The first-order valence-electron chi connectivity index (χ1n) is 0. The average Bonchev–Trinajstić information content (AvgIpc) is 0. The quantitative estimate of drug-likeness (QED) is 0.305. The molecule has 0 aromatic carbocycles. The Balaban J connectivity index is 0. The van der Waals surface area contributed by atoms with Crippen LogP contribution in [0.5, 0.6) is 0 Å². The van der Waals surface area contributed by atoms with Gasteiger partial charge < -0.3 is 0 Å². The standard InChI is InChI=1S/Cd.Hg.2HI/h;;2*1H. The van der Waals surface area contributed by atoms with Gasteiger partial charge in [-0.05, 0) is 0 Å². The van der Waals surface area contributed by atoms with Crippen LogP contribution in [0.25, 0.3) is 0 Å². The average molecular weight is 569 g/mol. The molecule has 0 aromatic heterocycles. The van der Waals surface area contributed by atoms with Gasteiger partial charge in [0, 0.05) is 55.0 Å². The van der Waals surface area contributed by atoms with E-state index in [4.69, 9.17) is 0 Å².